The Labute approximate surface area is 115 Å². The molecule has 0 aliphatic rings. The molecule has 2 aromatic rings. The van der Waals surface area contributed by atoms with Crippen LogP contribution >= 0.6 is 0 Å². The minimum Gasteiger partial charge on any atom is -0.355 e. The van der Waals surface area contributed by atoms with Crippen LogP contribution < -0.4 is 11.0 Å². The van der Waals surface area contributed by atoms with Crippen LogP contribution in [-0.4, -0.2) is 22.0 Å². The van der Waals surface area contributed by atoms with Crippen LogP contribution in [0.4, 0.5) is 4.39 Å². The van der Waals surface area contributed by atoms with Crippen molar-refractivity contribution in [1.82, 2.24) is 14.9 Å². The van der Waals surface area contributed by atoms with E-state index in [2.05, 4.69) is 17.2 Å². The fourth-order valence-electron chi connectivity index (χ4n) is 2.10. The van der Waals surface area contributed by atoms with Crippen LogP contribution in [0.2, 0.25) is 0 Å². The van der Waals surface area contributed by atoms with Crippen LogP contribution in [-0.2, 0) is 11.3 Å². The van der Waals surface area contributed by atoms with Crippen molar-refractivity contribution >= 4 is 16.9 Å². The number of imidazole rings is 1. The molecule has 2 N–H and O–H groups in total. The molecule has 20 heavy (non-hydrogen) atoms. The van der Waals surface area contributed by atoms with E-state index < -0.39 is 11.5 Å². The van der Waals surface area contributed by atoms with Gasteiger partial charge >= 0.3 is 5.69 Å². The Kier molecular flexibility index (Phi) is 4.55. The zero-order valence-corrected chi connectivity index (χ0v) is 11.4. The minimum atomic E-state index is -0.421. The fourth-order valence-corrected chi connectivity index (χ4v) is 2.10. The number of unbranched alkanes of at least 4 members (excludes halogenated alkanes) is 2. The zero-order valence-electron chi connectivity index (χ0n) is 11.4. The third-order valence-electron chi connectivity index (χ3n) is 3.14. The van der Waals surface area contributed by atoms with Gasteiger partial charge in [-0.15, -0.1) is 0 Å². The predicted molar refractivity (Wildman–Crippen MR) is 75.1 cm³/mol. The molecular weight excluding hydrogens is 261 g/mol. The van der Waals surface area contributed by atoms with Crippen LogP contribution in [0.3, 0.4) is 0 Å². The monoisotopic (exact) mass is 279 g/mol. The van der Waals surface area contributed by atoms with Gasteiger partial charge in [0.25, 0.3) is 0 Å². The van der Waals surface area contributed by atoms with Crippen LogP contribution in [0.1, 0.15) is 26.2 Å². The number of amides is 1. The number of hydrogen-bond acceptors (Lipinski definition) is 2. The van der Waals surface area contributed by atoms with E-state index in [0.717, 1.165) is 19.3 Å². The number of fused-ring (bicyclic) bond motifs is 1. The van der Waals surface area contributed by atoms with Crippen molar-refractivity contribution in [2.45, 2.75) is 32.7 Å². The first kappa shape index (κ1) is 14.3. The van der Waals surface area contributed by atoms with Gasteiger partial charge in [-0.2, -0.15) is 0 Å². The molecule has 0 atom stereocenters. The summed E-state index contributed by atoms with van der Waals surface area (Å²) in [7, 11) is 0. The molecule has 0 radical (unpaired) electrons. The Hall–Kier alpha value is -2.11. The number of nitrogens with one attached hydrogen (secondary N) is 2. The molecule has 0 spiro atoms. The summed E-state index contributed by atoms with van der Waals surface area (Å²) < 4.78 is 14.4. The van der Waals surface area contributed by atoms with E-state index in [1.807, 2.05) is 0 Å². The number of nitrogens with zero attached hydrogens (tertiary/aromatic N) is 1. The van der Waals surface area contributed by atoms with Crippen molar-refractivity contribution in [3.63, 3.8) is 0 Å². The van der Waals surface area contributed by atoms with Gasteiger partial charge in [-0.3, -0.25) is 9.36 Å². The van der Waals surface area contributed by atoms with E-state index in [4.69, 9.17) is 0 Å². The molecule has 1 aromatic heterocycles. The van der Waals surface area contributed by atoms with Gasteiger partial charge in [0.1, 0.15) is 12.4 Å². The number of hydrogen-bond donors (Lipinski definition) is 2. The summed E-state index contributed by atoms with van der Waals surface area (Å²) in [5.41, 5.74) is 0.517. The van der Waals surface area contributed by atoms with Gasteiger partial charge in [0.15, 0.2) is 0 Å². The maximum atomic E-state index is 13.1. The molecule has 0 unspecified atom stereocenters. The van der Waals surface area contributed by atoms with Crippen molar-refractivity contribution in [3.8, 4) is 0 Å². The summed E-state index contributed by atoms with van der Waals surface area (Å²) in [5, 5.41) is 2.77. The highest BCUT2D eigenvalue weighted by Crippen LogP contribution is 2.11. The summed E-state index contributed by atoms with van der Waals surface area (Å²) in [6, 6.07) is 4.00. The van der Waals surface area contributed by atoms with E-state index in [0.29, 0.717) is 17.6 Å². The van der Waals surface area contributed by atoms with Gasteiger partial charge < -0.3 is 10.3 Å². The Bertz CT molecular complexity index is 660. The van der Waals surface area contributed by atoms with Crippen molar-refractivity contribution in [2.24, 2.45) is 0 Å². The third kappa shape index (κ3) is 3.26. The normalized spacial score (nSPS) is 10.9. The lowest BCUT2D eigenvalue weighted by atomic mass is 10.2. The topological polar surface area (TPSA) is 66.9 Å². The SMILES string of the molecule is CCCCCNC(=O)Cn1c(=O)[nH]c2cc(F)ccc21. The number of H-pyrrole nitrogens is 1. The second-order valence-corrected chi connectivity index (χ2v) is 4.73. The maximum Gasteiger partial charge on any atom is 0.326 e. The van der Waals surface area contributed by atoms with Crippen molar-refractivity contribution < 1.29 is 9.18 Å². The average Bonchev–Trinajstić information content (AvgIpc) is 2.70. The van der Waals surface area contributed by atoms with Crippen LogP contribution in [0, 0.1) is 5.82 Å². The van der Waals surface area contributed by atoms with E-state index in [1.54, 1.807) is 0 Å². The second-order valence-electron chi connectivity index (χ2n) is 4.73. The van der Waals surface area contributed by atoms with E-state index in [1.165, 1.54) is 22.8 Å². The van der Waals surface area contributed by atoms with Crippen molar-refractivity contribution in [1.29, 1.82) is 0 Å². The number of carbonyl (C=O) groups excluding carboxylic acids is 1. The molecule has 0 saturated carbocycles. The zero-order chi connectivity index (χ0) is 14.5. The van der Waals surface area contributed by atoms with Crippen LogP contribution in [0.25, 0.3) is 11.0 Å². The molecule has 5 nitrogen and oxygen atoms in total. The number of rotatable bonds is 6. The minimum absolute atomic E-state index is 0.0589. The smallest absolute Gasteiger partial charge is 0.326 e. The first-order valence-corrected chi connectivity index (χ1v) is 6.76. The van der Waals surface area contributed by atoms with Gasteiger partial charge in [0.05, 0.1) is 11.0 Å². The second kappa shape index (κ2) is 6.36. The highest BCUT2D eigenvalue weighted by molar-refractivity contribution is 5.80. The number of aromatic nitrogens is 2. The lowest BCUT2D eigenvalue weighted by Crippen LogP contribution is -2.31. The summed E-state index contributed by atoms with van der Waals surface area (Å²) in [4.78, 5) is 26.1. The lowest BCUT2D eigenvalue weighted by Gasteiger charge is -2.05. The number of halogens is 1. The van der Waals surface area contributed by atoms with Crippen LogP contribution in [0.15, 0.2) is 23.0 Å². The Morgan fingerprint density at radius 1 is 1.40 bits per heavy atom. The maximum absolute atomic E-state index is 13.1. The molecule has 6 heteroatoms. The summed E-state index contributed by atoms with van der Waals surface area (Å²) in [5.74, 6) is -0.636. The summed E-state index contributed by atoms with van der Waals surface area (Å²) >= 11 is 0. The highest BCUT2D eigenvalue weighted by Gasteiger charge is 2.10. The molecule has 1 amide bonds. The quantitative estimate of drug-likeness (QED) is 0.791. The predicted octanol–water partition coefficient (Wildman–Crippen LogP) is 1.78. The molecular formula is C14H18FN3O2. The van der Waals surface area contributed by atoms with Gasteiger partial charge in [-0.1, -0.05) is 19.8 Å². The molecule has 2 rings (SSSR count). The highest BCUT2D eigenvalue weighted by atomic mass is 19.1. The van der Waals surface area contributed by atoms with E-state index in [9.17, 15) is 14.0 Å². The van der Waals surface area contributed by atoms with Gasteiger partial charge in [-0.25, -0.2) is 9.18 Å². The third-order valence-corrected chi connectivity index (χ3v) is 3.14. The molecule has 1 heterocycles. The number of aromatic amines is 1. The van der Waals surface area contributed by atoms with Gasteiger partial charge in [0.2, 0.25) is 5.91 Å². The van der Waals surface area contributed by atoms with Crippen molar-refractivity contribution in [2.75, 3.05) is 6.54 Å². The van der Waals surface area contributed by atoms with E-state index >= 15 is 0 Å². The molecule has 108 valence electrons. The van der Waals surface area contributed by atoms with Gasteiger partial charge in [-0.05, 0) is 24.6 Å². The summed E-state index contributed by atoms with van der Waals surface area (Å²) in [6.45, 7) is 2.64. The number of benzene rings is 1. The molecule has 0 aliphatic carbocycles. The Morgan fingerprint density at radius 2 is 2.20 bits per heavy atom. The molecule has 0 bridgehead atoms. The fraction of sp³-hybridized carbons (Fsp3) is 0.429. The molecule has 0 saturated heterocycles. The standard InChI is InChI=1S/C14H18FN3O2/c1-2-3-4-7-16-13(19)9-18-12-6-5-10(15)8-11(12)17-14(18)20/h5-6,8H,2-4,7,9H2,1H3,(H,16,19)(H,17,20). The Balaban J connectivity index is 2.07. The van der Waals surface area contributed by atoms with Gasteiger partial charge in [0, 0.05) is 6.54 Å². The molecule has 0 fully saturated rings. The molecule has 0 aliphatic heterocycles. The average molecular weight is 279 g/mol. The van der Waals surface area contributed by atoms with Crippen molar-refractivity contribution in [3.05, 3.63) is 34.5 Å². The first-order chi connectivity index (χ1) is 9.61. The largest absolute Gasteiger partial charge is 0.355 e. The first-order valence-electron chi connectivity index (χ1n) is 6.76. The number of carbonyl (C=O) groups is 1. The lowest BCUT2D eigenvalue weighted by molar-refractivity contribution is -0.121. The summed E-state index contributed by atoms with van der Waals surface area (Å²) in [6.07, 6.45) is 3.08. The van der Waals surface area contributed by atoms with E-state index in [-0.39, 0.29) is 12.5 Å². The molecule has 1 aromatic carbocycles. The Morgan fingerprint density at radius 3 is 2.95 bits per heavy atom. The van der Waals surface area contributed by atoms with Crippen LogP contribution in [0.5, 0.6) is 0 Å².